The van der Waals surface area contributed by atoms with E-state index in [2.05, 4.69) is 21.2 Å². The third kappa shape index (κ3) is 5.28. The van der Waals surface area contributed by atoms with E-state index in [4.69, 9.17) is 4.74 Å². The fourth-order valence-corrected chi connectivity index (χ4v) is 2.66. The summed E-state index contributed by atoms with van der Waals surface area (Å²) in [6, 6.07) is 13.5. The molecule has 0 aliphatic carbocycles. The summed E-state index contributed by atoms with van der Waals surface area (Å²) in [6.07, 6.45) is 0.307. The molecule has 0 unspecified atom stereocenters. The number of hydrogen-bond donors (Lipinski definition) is 1. The molecular formula is C18H21BrN2O2. The van der Waals surface area contributed by atoms with Gasteiger partial charge in [0.2, 0.25) is 5.91 Å². The fraction of sp³-hybridized carbons (Fsp3) is 0.278. The molecule has 122 valence electrons. The van der Waals surface area contributed by atoms with Crippen LogP contribution in [-0.4, -0.2) is 26.6 Å². The number of benzene rings is 2. The lowest BCUT2D eigenvalue weighted by molar-refractivity contribution is -0.116. The van der Waals surface area contributed by atoms with Crippen molar-refractivity contribution in [1.82, 2.24) is 0 Å². The van der Waals surface area contributed by atoms with Crippen LogP contribution in [0.5, 0.6) is 5.75 Å². The molecule has 0 saturated heterocycles. The zero-order valence-corrected chi connectivity index (χ0v) is 15.2. The number of ether oxygens (including phenoxy) is 1. The lowest BCUT2D eigenvalue weighted by Gasteiger charge is -2.16. The SMILES string of the molecule is Cc1cc(NC(=O)CCOc2cccc(Br)c2)ccc1N(C)C. The van der Waals surface area contributed by atoms with E-state index in [1.165, 1.54) is 0 Å². The van der Waals surface area contributed by atoms with Gasteiger partial charge in [0, 0.05) is 29.9 Å². The highest BCUT2D eigenvalue weighted by Gasteiger charge is 2.06. The normalized spacial score (nSPS) is 10.3. The number of anilines is 2. The summed E-state index contributed by atoms with van der Waals surface area (Å²) in [7, 11) is 4.00. The maximum Gasteiger partial charge on any atom is 0.227 e. The van der Waals surface area contributed by atoms with E-state index in [9.17, 15) is 4.79 Å². The molecule has 0 aliphatic heterocycles. The Bertz CT molecular complexity index is 686. The van der Waals surface area contributed by atoms with E-state index in [-0.39, 0.29) is 5.91 Å². The number of aryl methyl sites for hydroxylation is 1. The Hall–Kier alpha value is -2.01. The van der Waals surface area contributed by atoms with Gasteiger partial charge in [0.15, 0.2) is 0 Å². The molecule has 0 spiro atoms. The van der Waals surface area contributed by atoms with Crippen molar-refractivity contribution < 1.29 is 9.53 Å². The van der Waals surface area contributed by atoms with Crippen LogP contribution in [-0.2, 0) is 4.79 Å². The second-order valence-electron chi connectivity index (χ2n) is 5.50. The molecule has 0 bridgehead atoms. The van der Waals surface area contributed by atoms with Crippen LogP contribution in [0.4, 0.5) is 11.4 Å². The smallest absolute Gasteiger partial charge is 0.227 e. The van der Waals surface area contributed by atoms with Crippen molar-refractivity contribution in [3.8, 4) is 5.75 Å². The van der Waals surface area contributed by atoms with E-state index in [0.717, 1.165) is 27.2 Å². The largest absolute Gasteiger partial charge is 0.493 e. The number of nitrogens with zero attached hydrogens (tertiary/aromatic N) is 1. The zero-order valence-electron chi connectivity index (χ0n) is 13.6. The van der Waals surface area contributed by atoms with Gasteiger partial charge < -0.3 is 15.0 Å². The number of halogens is 1. The van der Waals surface area contributed by atoms with Gasteiger partial charge in [-0.3, -0.25) is 4.79 Å². The van der Waals surface area contributed by atoms with Crippen LogP contribution in [0.25, 0.3) is 0 Å². The summed E-state index contributed by atoms with van der Waals surface area (Å²) < 4.78 is 6.53. The Morgan fingerprint density at radius 2 is 2.00 bits per heavy atom. The van der Waals surface area contributed by atoms with Crippen molar-refractivity contribution in [2.75, 3.05) is 30.9 Å². The molecule has 0 aromatic heterocycles. The monoisotopic (exact) mass is 376 g/mol. The minimum absolute atomic E-state index is 0.0583. The van der Waals surface area contributed by atoms with Gasteiger partial charge in [0.05, 0.1) is 13.0 Å². The quantitative estimate of drug-likeness (QED) is 0.819. The first-order valence-electron chi connectivity index (χ1n) is 7.42. The molecule has 2 aromatic rings. The number of amides is 1. The highest BCUT2D eigenvalue weighted by atomic mass is 79.9. The number of hydrogen-bond acceptors (Lipinski definition) is 3. The molecular weight excluding hydrogens is 356 g/mol. The maximum absolute atomic E-state index is 12.0. The van der Waals surface area contributed by atoms with Gasteiger partial charge in [-0.05, 0) is 48.9 Å². The third-order valence-corrected chi connectivity index (χ3v) is 3.85. The standard InChI is InChI=1S/C18H21BrN2O2/c1-13-11-15(7-8-17(13)21(2)3)20-18(22)9-10-23-16-6-4-5-14(19)12-16/h4-8,11-12H,9-10H2,1-3H3,(H,20,22). The topological polar surface area (TPSA) is 41.6 Å². The molecule has 0 atom stereocenters. The van der Waals surface area contributed by atoms with E-state index in [1.807, 2.05) is 68.4 Å². The van der Waals surface area contributed by atoms with Crippen molar-refractivity contribution in [1.29, 1.82) is 0 Å². The molecule has 0 fully saturated rings. The molecule has 5 heteroatoms. The van der Waals surface area contributed by atoms with E-state index >= 15 is 0 Å². The van der Waals surface area contributed by atoms with Gasteiger partial charge in [-0.25, -0.2) is 0 Å². The Morgan fingerprint density at radius 3 is 2.65 bits per heavy atom. The molecule has 0 heterocycles. The minimum Gasteiger partial charge on any atom is -0.493 e. The summed E-state index contributed by atoms with van der Waals surface area (Å²) in [6.45, 7) is 2.37. The van der Waals surface area contributed by atoms with Crippen LogP contribution >= 0.6 is 15.9 Å². The van der Waals surface area contributed by atoms with Gasteiger partial charge >= 0.3 is 0 Å². The molecule has 23 heavy (non-hydrogen) atoms. The van der Waals surface area contributed by atoms with Crippen molar-refractivity contribution in [2.24, 2.45) is 0 Å². The third-order valence-electron chi connectivity index (χ3n) is 3.36. The van der Waals surface area contributed by atoms with E-state index in [1.54, 1.807) is 0 Å². The molecule has 0 radical (unpaired) electrons. The number of carbonyl (C=O) groups is 1. The molecule has 4 nitrogen and oxygen atoms in total. The van der Waals surface area contributed by atoms with Gasteiger partial charge in [-0.15, -0.1) is 0 Å². The van der Waals surface area contributed by atoms with Gasteiger partial charge in [0.1, 0.15) is 5.75 Å². The van der Waals surface area contributed by atoms with Gasteiger partial charge in [-0.2, -0.15) is 0 Å². The predicted octanol–water partition coefficient (Wildman–Crippen LogP) is 4.23. The number of rotatable bonds is 6. The van der Waals surface area contributed by atoms with Crippen LogP contribution < -0.4 is 15.0 Å². The predicted molar refractivity (Wildman–Crippen MR) is 98.4 cm³/mol. The lowest BCUT2D eigenvalue weighted by Crippen LogP contribution is -2.16. The second-order valence-corrected chi connectivity index (χ2v) is 6.42. The molecule has 0 saturated carbocycles. The summed E-state index contributed by atoms with van der Waals surface area (Å²) in [5, 5.41) is 2.90. The molecule has 1 amide bonds. The average Bonchev–Trinajstić information content (AvgIpc) is 2.47. The zero-order chi connectivity index (χ0) is 16.8. The Morgan fingerprint density at radius 1 is 1.22 bits per heavy atom. The van der Waals surface area contributed by atoms with Crippen LogP contribution in [0.15, 0.2) is 46.9 Å². The molecule has 2 rings (SSSR count). The van der Waals surface area contributed by atoms with Crippen molar-refractivity contribution in [2.45, 2.75) is 13.3 Å². The number of carbonyl (C=O) groups excluding carboxylic acids is 1. The minimum atomic E-state index is -0.0583. The first-order chi connectivity index (χ1) is 11.0. The van der Waals surface area contributed by atoms with Crippen molar-refractivity contribution in [3.05, 3.63) is 52.5 Å². The summed E-state index contributed by atoms with van der Waals surface area (Å²) >= 11 is 3.39. The molecule has 2 aromatic carbocycles. The Labute approximate surface area is 145 Å². The summed E-state index contributed by atoms with van der Waals surface area (Å²) in [5.74, 6) is 0.690. The first-order valence-corrected chi connectivity index (χ1v) is 8.21. The molecule has 0 aliphatic rings. The van der Waals surface area contributed by atoms with E-state index in [0.29, 0.717) is 13.0 Å². The highest BCUT2D eigenvalue weighted by Crippen LogP contribution is 2.22. The van der Waals surface area contributed by atoms with Gasteiger partial charge in [0.25, 0.3) is 0 Å². The van der Waals surface area contributed by atoms with Crippen molar-refractivity contribution >= 4 is 33.2 Å². The second kappa shape index (κ2) is 8.02. The highest BCUT2D eigenvalue weighted by molar-refractivity contribution is 9.10. The lowest BCUT2D eigenvalue weighted by atomic mass is 10.1. The fourth-order valence-electron chi connectivity index (χ4n) is 2.28. The Balaban J connectivity index is 1.84. The van der Waals surface area contributed by atoms with E-state index < -0.39 is 0 Å². The average molecular weight is 377 g/mol. The van der Waals surface area contributed by atoms with Crippen LogP contribution in [0, 0.1) is 6.92 Å². The summed E-state index contributed by atoms with van der Waals surface area (Å²) in [4.78, 5) is 14.0. The van der Waals surface area contributed by atoms with Crippen molar-refractivity contribution in [3.63, 3.8) is 0 Å². The Kier molecular flexibility index (Phi) is 6.04. The molecule has 1 N–H and O–H groups in total. The summed E-state index contributed by atoms with van der Waals surface area (Å²) in [5.41, 5.74) is 3.07. The number of nitrogens with one attached hydrogen (secondary N) is 1. The van der Waals surface area contributed by atoms with Gasteiger partial charge in [-0.1, -0.05) is 22.0 Å². The van der Waals surface area contributed by atoms with Crippen LogP contribution in [0.3, 0.4) is 0 Å². The first kappa shape index (κ1) is 17.3. The van der Waals surface area contributed by atoms with Crippen LogP contribution in [0.1, 0.15) is 12.0 Å². The van der Waals surface area contributed by atoms with Crippen LogP contribution in [0.2, 0.25) is 0 Å². The maximum atomic E-state index is 12.0.